The summed E-state index contributed by atoms with van der Waals surface area (Å²) in [5.74, 6) is -0.646. The van der Waals surface area contributed by atoms with Gasteiger partial charge in [-0.2, -0.15) is 5.10 Å². The molecule has 0 aliphatic carbocycles. The predicted molar refractivity (Wildman–Crippen MR) is 47.0 cm³/mol. The van der Waals surface area contributed by atoms with Crippen LogP contribution in [0.15, 0.2) is 18.2 Å². The van der Waals surface area contributed by atoms with E-state index in [1.54, 1.807) is 18.2 Å². The third-order valence-corrected chi connectivity index (χ3v) is 1.96. The minimum atomic E-state index is -1.29. The van der Waals surface area contributed by atoms with Gasteiger partial charge in [-0.3, -0.25) is 5.10 Å². The molecule has 0 spiro atoms. The number of nitrogens with one attached hydrogen (secondary N) is 1. The van der Waals surface area contributed by atoms with Crippen molar-refractivity contribution in [3.63, 3.8) is 0 Å². The summed E-state index contributed by atoms with van der Waals surface area (Å²) in [6, 6.07) is 4.97. The van der Waals surface area contributed by atoms with Crippen molar-refractivity contribution in [1.29, 1.82) is 0 Å². The molecule has 2 aromatic rings. The zero-order valence-corrected chi connectivity index (χ0v) is 7.40. The number of carbonyl (C=O) groups excluding carboxylic acids is 1. The zero-order chi connectivity index (χ0) is 10.1. The number of H-pyrrole nitrogens is 1. The highest BCUT2D eigenvalue weighted by atomic mass is 16.5. The molecule has 0 radical (unpaired) electrons. The maximum Gasteiger partial charge on any atom is 0.121 e. The van der Waals surface area contributed by atoms with Crippen LogP contribution in [0.3, 0.4) is 0 Å². The number of carbonyl (C=O) groups is 1. The smallest absolute Gasteiger partial charge is 0.121 e. The number of fused-ring (bicyclic) bond motifs is 1. The number of carboxylic acids is 1. The second kappa shape index (κ2) is 3.02. The Morgan fingerprint density at radius 1 is 1.57 bits per heavy atom. The Kier molecular flexibility index (Phi) is 1.85. The first-order chi connectivity index (χ1) is 6.72. The topological polar surface area (TPSA) is 78.0 Å². The molecule has 1 aromatic carbocycles. The van der Waals surface area contributed by atoms with Crippen LogP contribution in [0.4, 0.5) is 0 Å². The summed E-state index contributed by atoms with van der Waals surface area (Å²) in [5, 5.41) is 17.3. The predicted octanol–water partition coefficient (Wildman–Crippen LogP) is -0.0650. The summed E-state index contributed by atoms with van der Waals surface area (Å²) in [6.45, 7) is 0. The van der Waals surface area contributed by atoms with Gasteiger partial charge in [0.1, 0.15) is 11.4 Å². The van der Waals surface area contributed by atoms with Crippen LogP contribution in [-0.4, -0.2) is 23.3 Å². The molecular weight excluding hydrogens is 184 g/mol. The number of rotatable bonds is 2. The molecule has 0 unspecified atom stereocenters. The maximum atomic E-state index is 10.6. The number of methoxy groups -OCH3 is 1. The first kappa shape index (κ1) is 8.55. The summed E-state index contributed by atoms with van der Waals surface area (Å²) in [6.07, 6.45) is 0. The van der Waals surface area contributed by atoms with Crippen molar-refractivity contribution >= 4 is 16.9 Å². The normalized spacial score (nSPS) is 10.4. The van der Waals surface area contributed by atoms with Crippen LogP contribution < -0.4 is 9.84 Å². The van der Waals surface area contributed by atoms with Gasteiger partial charge in [0, 0.05) is 11.5 Å². The van der Waals surface area contributed by atoms with E-state index in [9.17, 15) is 9.90 Å². The molecule has 0 bridgehead atoms. The first-order valence-electron chi connectivity index (χ1n) is 3.96. The van der Waals surface area contributed by atoms with E-state index in [0.717, 1.165) is 0 Å². The van der Waals surface area contributed by atoms with Crippen LogP contribution in [0.5, 0.6) is 5.75 Å². The first-order valence-corrected chi connectivity index (χ1v) is 3.96. The van der Waals surface area contributed by atoms with Crippen LogP contribution in [-0.2, 0) is 0 Å². The number of benzene rings is 1. The SMILES string of the molecule is COc1ccc2c(C(=O)[O-])n[nH]c2c1. The highest BCUT2D eigenvalue weighted by Crippen LogP contribution is 2.20. The van der Waals surface area contributed by atoms with E-state index in [1.807, 2.05) is 0 Å². The molecule has 0 saturated heterocycles. The molecule has 5 heteroatoms. The van der Waals surface area contributed by atoms with Crippen LogP contribution in [0.2, 0.25) is 0 Å². The monoisotopic (exact) mass is 191 g/mol. The highest BCUT2D eigenvalue weighted by molar-refractivity contribution is 6.00. The van der Waals surface area contributed by atoms with Gasteiger partial charge in [0.25, 0.3) is 0 Å². The molecular formula is C9H7N2O3-. The molecule has 1 heterocycles. The average molecular weight is 191 g/mol. The van der Waals surface area contributed by atoms with Gasteiger partial charge in [0.2, 0.25) is 0 Å². The van der Waals surface area contributed by atoms with Crippen molar-refractivity contribution in [1.82, 2.24) is 10.2 Å². The maximum absolute atomic E-state index is 10.6. The molecule has 0 saturated carbocycles. The Balaban J connectivity index is 2.65. The lowest BCUT2D eigenvalue weighted by Gasteiger charge is -1.99. The average Bonchev–Trinajstić information content (AvgIpc) is 2.59. The molecule has 2 rings (SSSR count). The third-order valence-electron chi connectivity index (χ3n) is 1.96. The molecule has 14 heavy (non-hydrogen) atoms. The van der Waals surface area contributed by atoms with E-state index in [2.05, 4.69) is 10.2 Å². The summed E-state index contributed by atoms with van der Waals surface area (Å²) in [5.41, 5.74) is 0.534. The molecule has 1 aromatic heterocycles. The van der Waals surface area contributed by atoms with Crippen LogP contribution in [0.1, 0.15) is 10.5 Å². The highest BCUT2D eigenvalue weighted by Gasteiger charge is 2.06. The van der Waals surface area contributed by atoms with E-state index < -0.39 is 5.97 Å². The Hall–Kier alpha value is -2.04. The van der Waals surface area contributed by atoms with Crippen LogP contribution >= 0.6 is 0 Å². The fourth-order valence-corrected chi connectivity index (χ4v) is 1.28. The van der Waals surface area contributed by atoms with Crippen molar-refractivity contribution in [2.24, 2.45) is 0 Å². The van der Waals surface area contributed by atoms with Crippen molar-refractivity contribution in [3.05, 3.63) is 23.9 Å². The number of hydrogen-bond acceptors (Lipinski definition) is 4. The lowest BCUT2D eigenvalue weighted by atomic mass is 10.2. The van der Waals surface area contributed by atoms with Crippen LogP contribution in [0.25, 0.3) is 10.9 Å². The van der Waals surface area contributed by atoms with E-state index in [-0.39, 0.29) is 5.69 Å². The molecule has 0 aliphatic rings. The number of ether oxygens (including phenoxy) is 1. The van der Waals surface area contributed by atoms with Crippen molar-refractivity contribution in [3.8, 4) is 5.75 Å². The minimum Gasteiger partial charge on any atom is -0.543 e. The lowest BCUT2D eigenvalue weighted by molar-refractivity contribution is -0.255. The van der Waals surface area contributed by atoms with Gasteiger partial charge in [-0.25, -0.2) is 0 Å². The summed E-state index contributed by atoms with van der Waals surface area (Å²) in [4.78, 5) is 10.6. The van der Waals surface area contributed by atoms with E-state index in [4.69, 9.17) is 4.74 Å². The Bertz CT molecular complexity index is 490. The molecule has 0 atom stereocenters. The van der Waals surface area contributed by atoms with Crippen LogP contribution in [0, 0.1) is 0 Å². The number of carboxylic acid groups (broad SMARTS) is 1. The van der Waals surface area contributed by atoms with Gasteiger partial charge in [0.05, 0.1) is 18.6 Å². The Labute approximate surface area is 79.3 Å². The number of aromatic carboxylic acids is 1. The number of aromatic nitrogens is 2. The van der Waals surface area contributed by atoms with E-state index >= 15 is 0 Å². The summed E-state index contributed by atoms with van der Waals surface area (Å²) >= 11 is 0. The van der Waals surface area contributed by atoms with Gasteiger partial charge in [-0.1, -0.05) is 0 Å². The standard InChI is InChI=1S/C9H8N2O3/c1-14-5-2-3-6-7(4-5)10-11-8(6)9(12)13/h2-4H,1H3,(H,10,11)(H,12,13)/p-1. The largest absolute Gasteiger partial charge is 0.543 e. The third kappa shape index (κ3) is 1.19. The summed E-state index contributed by atoms with van der Waals surface area (Å²) < 4.78 is 4.98. The van der Waals surface area contributed by atoms with Gasteiger partial charge in [0.15, 0.2) is 0 Å². The van der Waals surface area contributed by atoms with Gasteiger partial charge in [-0.15, -0.1) is 0 Å². The van der Waals surface area contributed by atoms with Crippen molar-refractivity contribution in [2.45, 2.75) is 0 Å². The Morgan fingerprint density at radius 2 is 2.36 bits per heavy atom. The number of nitrogens with zero attached hydrogens (tertiary/aromatic N) is 1. The zero-order valence-electron chi connectivity index (χ0n) is 7.40. The molecule has 1 N–H and O–H groups in total. The minimum absolute atomic E-state index is 0.0809. The van der Waals surface area contributed by atoms with Crippen molar-refractivity contribution < 1.29 is 14.6 Å². The number of aromatic amines is 1. The number of hydrogen-bond donors (Lipinski definition) is 1. The van der Waals surface area contributed by atoms with Gasteiger partial charge in [-0.05, 0) is 12.1 Å². The van der Waals surface area contributed by atoms with E-state index in [0.29, 0.717) is 16.7 Å². The Morgan fingerprint density at radius 3 is 3.00 bits per heavy atom. The van der Waals surface area contributed by atoms with Crippen molar-refractivity contribution in [2.75, 3.05) is 7.11 Å². The second-order valence-corrected chi connectivity index (χ2v) is 2.77. The molecule has 72 valence electrons. The van der Waals surface area contributed by atoms with Gasteiger partial charge >= 0.3 is 0 Å². The quantitative estimate of drug-likeness (QED) is 0.721. The molecule has 0 fully saturated rings. The molecule has 0 amide bonds. The van der Waals surface area contributed by atoms with E-state index in [1.165, 1.54) is 7.11 Å². The molecule has 5 nitrogen and oxygen atoms in total. The second-order valence-electron chi connectivity index (χ2n) is 2.77. The summed E-state index contributed by atoms with van der Waals surface area (Å²) in [7, 11) is 1.54. The molecule has 0 aliphatic heterocycles. The van der Waals surface area contributed by atoms with Gasteiger partial charge < -0.3 is 14.6 Å². The fraction of sp³-hybridized carbons (Fsp3) is 0.111. The fourth-order valence-electron chi connectivity index (χ4n) is 1.28. The lowest BCUT2D eigenvalue weighted by Crippen LogP contribution is -2.22.